The first-order valence-electron chi connectivity index (χ1n) is 13.6. The molecule has 3 fully saturated rings. The lowest BCUT2D eigenvalue weighted by atomic mass is 9.84. The van der Waals surface area contributed by atoms with Crippen molar-refractivity contribution in [3.05, 3.63) is 71.3 Å². The van der Waals surface area contributed by atoms with Crippen LogP contribution in [0.3, 0.4) is 0 Å². The normalized spacial score (nSPS) is 24.2. The number of carbonyl (C=O) groups is 1. The third-order valence-corrected chi connectivity index (χ3v) is 7.69. The molecule has 3 heterocycles. The number of nitrogens with one attached hydrogen (secondary N) is 1. The third-order valence-electron chi connectivity index (χ3n) is 7.69. The van der Waals surface area contributed by atoms with Gasteiger partial charge < -0.3 is 14.6 Å². The standard InChI is InChI=1S/C29H38N4O5/c34-28(35)21-32-12-10-29(11-13-32,37-22-24-4-2-1-3-5-24)19-26-18-27(31-38-26)25-8-6-23(7-9-25)20-30-33-14-16-36-17-15-33/h1-9,20,26-27,31H,10-19,21-22H2,(H,34,35). The average molecular weight is 523 g/mol. The van der Waals surface area contributed by atoms with Crippen LogP contribution in [0.5, 0.6) is 0 Å². The first-order valence-corrected chi connectivity index (χ1v) is 13.6. The summed E-state index contributed by atoms with van der Waals surface area (Å²) in [6, 6.07) is 18.8. The van der Waals surface area contributed by atoms with Crippen molar-refractivity contribution >= 4 is 12.2 Å². The lowest BCUT2D eigenvalue weighted by molar-refractivity contribution is -0.143. The van der Waals surface area contributed by atoms with E-state index in [-0.39, 0.29) is 24.3 Å². The van der Waals surface area contributed by atoms with Crippen LogP contribution in [0, 0.1) is 0 Å². The van der Waals surface area contributed by atoms with Crippen LogP contribution in [-0.2, 0) is 25.7 Å². The van der Waals surface area contributed by atoms with Gasteiger partial charge in [-0.15, -0.1) is 0 Å². The fourth-order valence-corrected chi connectivity index (χ4v) is 5.44. The molecule has 2 aromatic rings. The smallest absolute Gasteiger partial charge is 0.317 e. The Bertz CT molecular complexity index is 1050. The number of nitrogens with zero attached hydrogens (tertiary/aromatic N) is 3. The van der Waals surface area contributed by atoms with Crippen LogP contribution < -0.4 is 5.48 Å². The molecule has 204 valence electrons. The van der Waals surface area contributed by atoms with Crippen molar-refractivity contribution in [3.63, 3.8) is 0 Å². The molecular formula is C29H38N4O5. The molecule has 2 N–H and O–H groups in total. The third kappa shape index (κ3) is 7.39. The van der Waals surface area contributed by atoms with E-state index < -0.39 is 5.97 Å². The van der Waals surface area contributed by atoms with Crippen LogP contribution >= 0.6 is 0 Å². The van der Waals surface area contributed by atoms with Crippen molar-refractivity contribution in [1.29, 1.82) is 0 Å². The van der Waals surface area contributed by atoms with Gasteiger partial charge in [0, 0.05) is 19.5 Å². The van der Waals surface area contributed by atoms with Gasteiger partial charge in [0.1, 0.15) is 0 Å². The van der Waals surface area contributed by atoms with Gasteiger partial charge in [0.2, 0.25) is 0 Å². The number of rotatable bonds is 10. The number of likely N-dealkylation sites (tertiary alicyclic amines) is 1. The highest BCUT2D eigenvalue weighted by Crippen LogP contribution is 2.37. The largest absolute Gasteiger partial charge is 0.480 e. The Kier molecular flexibility index (Phi) is 9.03. The van der Waals surface area contributed by atoms with E-state index in [1.807, 2.05) is 34.3 Å². The number of hydrazone groups is 1. The molecule has 0 amide bonds. The first kappa shape index (κ1) is 26.8. The number of morpholine rings is 1. The van der Waals surface area contributed by atoms with Crippen molar-refractivity contribution in [2.45, 2.75) is 50.0 Å². The van der Waals surface area contributed by atoms with E-state index in [0.717, 1.165) is 63.1 Å². The molecule has 0 aliphatic carbocycles. The average Bonchev–Trinajstić information content (AvgIpc) is 3.41. The number of hydrogen-bond donors (Lipinski definition) is 2. The quantitative estimate of drug-likeness (QED) is 0.460. The van der Waals surface area contributed by atoms with Crippen LogP contribution in [0.2, 0.25) is 0 Å². The van der Waals surface area contributed by atoms with Crippen LogP contribution in [0.4, 0.5) is 0 Å². The molecule has 0 radical (unpaired) electrons. The maximum atomic E-state index is 11.2. The van der Waals surface area contributed by atoms with E-state index in [4.69, 9.17) is 14.3 Å². The Labute approximate surface area is 224 Å². The molecule has 3 aliphatic heterocycles. The molecule has 0 saturated carbocycles. The van der Waals surface area contributed by atoms with Gasteiger partial charge in [-0.3, -0.25) is 19.5 Å². The summed E-state index contributed by atoms with van der Waals surface area (Å²) >= 11 is 0. The highest BCUT2D eigenvalue weighted by Gasteiger charge is 2.41. The van der Waals surface area contributed by atoms with E-state index in [9.17, 15) is 9.90 Å². The van der Waals surface area contributed by atoms with E-state index in [1.54, 1.807) is 0 Å². The monoisotopic (exact) mass is 522 g/mol. The molecule has 2 aromatic carbocycles. The van der Waals surface area contributed by atoms with Crippen LogP contribution in [0.25, 0.3) is 0 Å². The minimum atomic E-state index is -0.785. The van der Waals surface area contributed by atoms with Crippen molar-refractivity contribution < 1.29 is 24.2 Å². The zero-order valence-corrected chi connectivity index (χ0v) is 21.8. The molecule has 3 aliphatic rings. The molecule has 38 heavy (non-hydrogen) atoms. The fourth-order valence-electron chi connectivity index (χ4n) is 5.44. The summed E-state index contributed by atoms with van der Waals surface area (Å²) in [4.78, 5) is 19.3. The molecule has 0 spiro atoms. The van der Waals surface area contributed by atoms with Gasteiger partial charge in [-0.25, -0.2) is 0 Å². The molecule has 2 unspecified atom stereocenters. The number of ether oxygens (including phenoxy) is 2. The van der Waals surface area contributed by atoms with Gasteiger partial charge in [-0.1, -0.05) is 54.6 Å². The number of aliphatic carboxylic acids is 1. The summed E-state index contributed by atoms with van der Waals surface area (Å²) in [7, 11) is 0. The Morgan fingerprint density at radius 3 is 2.53 bits per heavy atom. The molecule has 9 heteroatoms. The van der Waals surface area contributed by atoms with Crippen LogP contribution in [-0.4, -0.2) is 84.8 Å². The number of carboxylic acids is 1. The number of carboxylic acid groups (broad SMARTS) is 1. The highest BCUT2D eigenvalue weighted by atomic mass is 16.7. The molecule has 0 aromatic heterocycles. The van der Waals surface area contributed by atoms with E-state index in [2.05, 4.69) is 47.0 Å². The second-order valence-electron chi connectivity index (χ2n) is 10.5. The lowest BCUT2D eigenvalue weighted by Crippen LogP contribution is -2.49. The van der Waals surface area contributed by atoms with Crippen molar-refractivity contribution in [1.82, 2.24) is 15.4 Å². The Morgan fingerprint density at radius 2 is 1.82 bits per heavy atom. The Balaban J connectivity index is 1.18. The predicted octanol–water partition coefficient (Wildman–Crippen LogP) is 3.21. The van der Waals surface area contributed by atoms with Gasteiger partial charge in [0.15, 0.2) is 0 Å². The van der Waals surface area contributed by atoms with Crippen LogP contribution in [0.15, 0.2) is 59.7 Å². The van der Waals surface area contributed by atoms with E-state index >= 15 is 0 Å². The van der Waals surface area contributed by atoms with E-state index in [1.165, 1.54) is 5.56 Å². The van der Waals surface area contributed by atoms with Crippen LogP contribution in [0.1, 0.15) is 48.4 Å². The highest BCUT2D eigenvalue weighted by molar-refractivity contribution is 5.79. The number of hydrogen-bond acceptors (Lipinski definition) is 8. The van der Waals surface area contributed by atoms with Gasteiger partial charge in [0.25, 0.3) is 0 Å². The summed E-state index contributed by atoms with van der Waals surface area (Å²) in [5, 5.41) is 15.8. The minimum Gasteiger partial charge on any atom is -0.480 e. The zero-order valence-electron chi connectivity index (χ0n) is 21.8. The summed E-state index contributed by atoms with van der Waals surface area (Å²) in [5.74, 6) is -0.785. The summed E-state index contributed by atoms with van der Waals surface area (Å²) < 4.78 is 12.0. The number of benzene rings is 2. The molecular weight excluding hydrogens is 484 g/mol. The maximum absolute atomic E-state index is 11.2. The fraction of sp³-hybridized carbons (Fsp3) is 0.517. The SMILES string of the molecule is O=C(O)CN1CCC(CC2CC(c3ccc(C=NN4CCOCC4)cc3)NO2)(OCc2ccccc2)CC1. The predicted molar refractivity (Wildman–Crippen MR) is 144 cm³/mol. The molecule has 3 saturated heterocycles. The number of hydroxylamine groups is 1. The second-order valence-corrected chi connectivity index (χ2v) is 10.5. The van der Waals surface area contributed by atoms with Crippen molar-refractivity contribution in [2.24, 2.45) is 5.10 Å². The topological polar surface area (TPSA) is 95.9 Å². The second kappa shape index (κ2) is 12.8. The Morgan fingerprint density at radius 1 is 1.08 bits per heavy atom. The summed E-state index contributed by atoms with van der Waals surface area (Å²) in [5.41, 5.74) is 6.29. The molecule has 5 rings (SSSR count). The van der Waals surface area contributed by atoms with Gasteiger partial charge in [0.05, 0.1) is 63.4 Å². The Hall–Kier alpha value is -2.82. The van der Waals surface area contributed by atoms with Gasteiger partial charge >= 0.3 is 5.97 Å². The summed E-state index contributed by atoms with van der Waals surface area (Å²) in [6.07, 6.45) is 5.12. The van der Waals surface area contributed by atoms with Crippen molar-refractivity contribution in [2.75, 3.05) is 45.9 Å². The summed E-state index contributed by atoms with van der Waals surface area (Å²) in [6.45, 7) is 5.13. The van der Waals surface area contributed by atoms with Crippen molar-refractivity contribution in [3.8, 4) is 0 Å². The molecule has 9 nitrogen and oxygen atoms in total. The molecule has 0 bridgehead atoms. The zero-order chi connectivity index (χ0) is 26.2. The maximum Gasteiger partial charge on any atom is 0.317 e. The van der Waals surface area contributed by atoms with Gasteiger partial charge in [-0.2, -0.15) is 10.6 Å². The molecule has 2 atom stereocenters. The lowest BCUT2D eigenvalue weighted by Gasteiger charge is -2.42. The number of piperidine rings is 1. The minimum absolute atomic E-state index is 0.0179. The first-order chi connectivity index (χ1) is 18.6. The van der Waals surface area contributed by atoms with E-state index in [0.29, 0.717) is 19.7 Å². The van der Waals surface area contributed by atoms with Gasteiger partial charge in [-0.05, 0) is 36.0 Å².